The summed E-state index contributed by atoms with van der Waals surface area (Å²) >= 11 is 0. The molecule has 176 valence electrons. The van der Waals surface area contributed by atoms with Gasteiger partial charge in [-0.05, 0) is 24.6 Å². The van der Waals surface area contributed by atoms with Gasteiger partial charge in [-0.15, -0.1) is 0 Å². The summed E-state index contributed by atoms with van der Waals surface area (Å²) in [6, 6.07) is 13.7. The molecular formula is C26H27N3O5. The highest BCUT2D eigenvalue weighted by atomic mass is 16.5. The van der Waals surface area contributed by atoms with E-state index in [1.165, 1.54) is 11.6 Å². The summed E-state index contributed by atoms with van der Waals surface area (Å²) in [4.78, 5) is 26.5. The van der Waals surface area contributed by atoms with Crippen LogP contribution in [-0.2, 0) is 25.4 Å². The Kier molecular flexibility index (Phi) is 5.32. The Morgan fingerprint density at radius 3 is 2.47 bits per heavy atom. The van der Waals surface area contributed by atoms with E-state index in [0.717, 1.165) is 32.6 Å². The van der Waals surface area contributed by atoms with Crippen LogP contribution in [0.4, 0.5) is 0 Å². The number of nitrogens with zero attached hydrogens (tertiary/aromatic N) is 3. The summed E-state index contributed by atoms with van der Waals surface area (Å²) in [7, 11) is 6.38. The van der Waals surface area contributed by atoms with Crippen LogP contribution < -0.4 is 20.7 Å². The van der Waals surface area contributed by atoms with Gasteiger partial charge in [0.1, 0.15) is 6.10 Å². The maximum Gasteiger partial charge on any atom is 0.331 e. The number of ether oxygens (including phenoxy) is 3. The third-order valence-corrected chi connectivity index (χ3v) is 6.56. The van der Waals surface area contributed by atoms with Crippen LogP contribution in [0.5, 0.6) is 11.5 Å². The molecule has 5 rings (SSSR count). The second kappa shape index (κ2) is 8.22. The summed E-state index contributed by atoms with van der Waals surface area (Å²) in [6.07, 6.45) is -0.558. The molecule has 34 heavy (non-hydrogen) atoms. The predicted molar refractivity (Wildman–Crippen MR) is 130 cm³/mol. The third-order valence-electron chi connectivity index (χ3n) is 6.56. The third kappa shape index (κ3) is 3.09. The number of fused-ring (bicyclic) bond motifs is 3. The largest absolute Gasteiger partial charge is 0.493 e. The minimum atomic E-state index is -0.558. The van der Waals surface area contributed by atoms with E-state index < -0.39 is 6.10 Å². The molecule has 8 heteroatoms. The number of hydrogen-bond donors (Lipinski definition) is 0. The van der Waals surface area contributed by atoms with Crippen molar-refractivity contribution in [2.75, 3.05) is 20.8 Å². The van der Waals surface area contributed by atoms with E-state index in [1.54, 1.807) is 21.3 Å². The molecule has 0 N–H and O–H groups in total. The van der Waals surface area contributed by atoms with Crippen molar-refractivity contribution in [1.29, 1.82) is 0 Å². The first-order valence-electron chi connectivity index (χ1n) is 11.1. The highest BCUT2D eigenvalue weighted by Crippen LogP contribution is 2.45. The van der Waals surface area contributed by atoms with Gasteiger partial charge in [-0.1, -0.05) is 35.9 Å². The molecule has 0 saturated heterocycles. The molecule has 3 heterocycles. The van der Waals surface area contributed by atoms with Crippen LogP contribution >= 0.6 is 0 Å². The molecule has 1 aliphatic heterocycles. The van der Waals surface area contributed by atoms with Crippen molar-refractivity contribution in [3.8, 4) is 22.8 Å². The first kappa shape index (κ1) is 22.0. The molecule has 0 unspecified atom stereocenters. The Balaban J connectivity index is 1.94. The molecule has 2 aromatic heterocycles. The Morgan fingerprint density at radius 1 is 1.00 bits per heavy atom. The van der Waals surface area contributed by atoms with Gasteiger partial charge < -0.3 is 18.8 Å². The summed E-state index contributed by atoms with van der Waals surface area (Å²) < 4.78 is 22.3. The van der Waals surface area contributed by atoms with Gasteiger partial charge in [0.15, 0.2) is 11.5 Å². The fourth-order valence-electron chi connectivity index (χ4n) is 5.03. The number of rotatable bonds is 4. The molecule has 1 aliphatic rings. The highest BCUT2D eigenvalue weighted by molar-refractivity contribution is 5.96. The highest BCUT2D eigenvalue weighted by Gasteiger charge is 2.35. The lowest BCUT2D eigenvalue weighted by Crippen LogP contribution is -2.37. The fourth-order valence-corrected chi connectivity index (χ4v) is 5.03. The van der Waals surface area contributed by atoms with E-state index in [1.807, 2.05) is 43.3 Å². The van der Waals surface area contributed by atoms with Gasteiger partial charge in [0, 0.05) is 26.2 Å². The molecule has 4 aromatic rings. The van der Waals surface area contributed by atoms with E-state index in [2.05, 4.69) is 10.6 Å². The average molecular weight is 462 g/mol. The van der Waals surface area contributed by atoms with E-state index in [9.17, 15) is 9.59 Å². The fraction of sp³-hybridized carbons (Fsp3) is 0.308. The summed E-state index contributed by atoms with van der Waals surface area (Å²) in [5, 5.41) is 0.502. The van der Waals surface area contributed by atoms with Crippen molar-refractivity contribution in [3.05, 3.63) is 80.1 Å². The Hall–Kier alpha value is -3.78. The van der Waals surface area contributed by atoms with Crippen molar-refractivity contribution in [3.63, 3.8) is 0 Å². The maximum absolute atomic E-state index is 13.5. The van der Waals surface area contributed by atoms with Gasteiger partial charge in [-0.2, -0.15) is 0 Å². The number of benzene rings is 2. The minimum Gasteiger partial charge on any atom is -0.493 e. The molecule has 0 spiro atoms. The topological polar surface area (TPSA) is 76.6 Å². The van der Waals surface area contributed by atoms with Gasteiger partial charge in [-0.25, -0.2) is 4.79 Å². The summed E-state index contributed by atoms with van der Waals surface area (Å²) in [5.41, 5.74) is 4.18. The zero-order valence-electron chi connectivity index (χ0n) is 19.9. The van der Waals surface area contributed by atoms with Gasteiger partial charge in [0.2, 0.25) is 0 Å². The number of aryl methyl sites for hydroxylation is 2. The van der Waals surface area contributed by atoms with Crippen molar-refractivity contribution >= 4 is 10.9 Å². The van der Waals surface area contributed by atoms with E-state index in [-0.39, 0.29) is 11.2 Å². The number of hydrogen-bond acceptors (Lipinski definition) is 5. The Bertz CT molecular complexity index is 1540. The van der Waals surface area contributed by atoms with E-state index in [0.29, 0.717) is 35.6 Å². The van der Waals surface area contributed by atoms with Crippen molar-refractivity contribution < 1.29 is 14.2 Å². The molecule has 0 aliphatic carbocycles. The van der Waals surface area contributed by atoms with Crippen LogP contribution in [0.25, 0.3) is 22.2 Å². The molecule has 8 nitrogen and oxygen atoms in total. The van der Waals surface area contributed by atoms with Crippen LogP contribution in [0, 0.1) is 6.92 Å². The number of aromatic nitrogens is 3. The van der Waals surface area contributed by atoms with Crippen LogP contribution in [-0.4, -0.2) is 34.5 Å². The lowest BCUT2D eigenvalue weighted by molar-refractivity contribution is 0.0462. The number of para-hydroxylation sites is 1. The predicted octanol–water partition coefficient (Wildman–Crippen LogP) is 3.15. The van der Waals surface area contributed by atoms with E-state index in [4.69, 9.17) is 14.2 Å². The Morgan fingerprint density at radius 2 is 1.76 bits per heavy atom. The standard InChI is InChI=1S/C26H27N3O5/c1-15-8-6-9-16(14-15)20-19-21(27(2)26(31)28(3)25(19)30)22-24(34-13-12-29(20)22)17-10-7-11-18(32-4)23(17)33-5/h6-11,14,24H,12-13H2,1-5H3/t24-/m0/s1. The molecule has 0 fully saturated rings. The van der Waals surface area contributed by atoms with Gasteiger partial charge in [0.25, 0.3) is 5.56 Å². The van der Waals surface area contributed by atoms with Crippen molar-refractivity contribution in [1.82, 2.24) is 13.7 Å². The first-order valence-corrected chi connectivity index (χ1v) is 11.1. The average Bonchev–Trinajstić information content (AvgIpc) is 3.21. The minimum absolute atomic E-state index is 0.326. The second-order valence-electron chi connectivity index (χ2n) is 8.52. The van der Waals surface area contributed by atoms with Gasteiger partial charge >= 0.3 is 5.69 Å². The quantitative estimate of drug-likeness (QED) is 0.467. The van der Waals surface area contributed by atoms with Crippen LogP contribution in [0.1, 0.15) is 22.9 Å². The lowest BCUT2D eigenvalue weighted by atomic mass is 10.0. The monoisotopic (exact) mass is 461 g/mol. The molecule has 0 radical (unpaired) electrons. The maximum atomic E-state index is 13.5. The lowest BCUT2D eigenvalue weighted by Gasteiger charge is -2.29. The van der Waals surface area contributed by atoms with E-state index >= 15 is 0 Å². The molecule has 2 aromatic carbocycles. The molecule has 1 atom stereocenters. The SMILES string of the molecule is COc1cccc([C@@H]2OCCn3c(-c4cccc(C)c4)c4c(=O)n(C)c(=O)n(C)c4c32)c1OC. The molecule has 0 amide bonds. The summed E-state index contributed by atoms with van der Waals surface area (Å²) in [6.45, 7) is 3.01. The smallest absolute Gasteiger partial charge is 0.331 e. The summed E-state index contributed by atoms with van der Waals surface area (Å²) in [5.74, 6) is 1.14. The second-order valence-corrected chi connectivity index (χ2v) is 8.52. The zero-order chi connectivity index (χ0) is 24.1. The Labute approximate surface area is 196 Å². The molecule has 0 saturated carbocycles. The normalized spacial score (nSPS) is 15.4. The van der Waals surface area contributed by atoms with Crippen LogP contribution in [0.2, 0.25) is 0 Å². The first-order chi connectivity index (χ1) is 16.4. The number of methoxy groups -OCH3 is 2. The van der Waals surface area contributed by atoms with Crippen LogP contribution in [0.15, 0.2) is 52.1 Å². The molecular weight excluding hydrogens is 434 g/mol. The van der Waals surface area contributed by atoms with Crippen LogP contribution in [0.3, 0.4) is 0 Å². The zero-order valence-corrected chi connectivity index (χ0v) is 19.9. The van der Waals surface area contributed by atoms with Crippen molar-refractivity contribution in [2.24, 2.45) is 14.1 Å². The van der Waals surface area contributed by atoms with Crippen molar-refractivity contribution in [2.45, 2.75) is 19.6 Å². The van der Waals surface area contributed by atoms with Gasteiger partial charge in [-0.3, -0.25) is 13.9 Å². The molecule has 0 bridgehead atoms. The van der Waals surface area contributed by atoms with Gasteiger partial charge in [0.05, 0.1) is 43.1 Å².